The Bertz CT molecular complexity index is 1820. The molecule has 212 valence electrons. The number of ether oxygens (including phenoxy) is 1. The summed E-state index contributed by atoms with van der Waals surface area (Å²) in [6.45, 7) is 2.80. The van der Waals surface area contributed by atoms with Crippen molar-refractivity contribution in [1.82, 2.24) is 4.90 Å². The fourth-order valence-electron chi connectivity index (χ4n) is 4.35. The van der Waals surface area contributed by atoms with Crippen molar-refractivity contribution in [3.8, 4) is 0 Å². The molecule has 6 nitrogen and oxygen atoms in total. The molecule has 0 amide bonds. The van der Waals surface area contributed by atoms with Crippen molar-refractivity contribution in [3.63, 3.8) is 0 Å². The van der Waals surface area contributed by atoms with Crippen LogP contribution in [0.1, 0.15) is 53.3 Å². The van der Waals surface area contributed by atoms with Crippen molar-refractivity contribution in [2.75, 3.05) is 77.8 Å². The highest BCUT2D eigenvalue weighted by atomic mass is 16.5. The highest BCUT2D eigenvalue weighted by molar-refractivity contribution is 6.04. The van der Waals surface area contributed by atoms with Crippen LogP contribution in [0.2, 0.25) is 0 Å². The number of hydrogen-bond acceptors (Lipinski definition) is 5. The van der Waals surface area contributed by atoms with E-state index in [1.165, 1.54) is 16.6 Å². The van der Waals surface area contributed by atoms with E-state index in [1.54, 1.807) is 33.1 Å². The Kier molecular flexibility index (Phi) is 6.09. The summed E-state index contributed by atoms with van der Waals surface area (Å²) in [5, 5.41) is 0. The van der Waals surface area contributed by atoms with Crippen LogP contribution in [0.4, 0.5) is 11.4 Å². The molecule has 1 heterocycles. The summed E-state index contributed by atoms with van der Waals surface area (Å²) in [4.78, 5) is 16.8. The molecular weight excluding hydrogens is 496 g/mol. The highest BCUT2D eigenvalue weighted by Crippen LogP contribution is 2.32. The Morgan fingerprint density at radius 2 is 1.48 bits per heavy atom. The molecule has 0 unspecified atom stereocenters. The number of nitrogens with zero attached hydrogens (tertiary/aromatic N) is 4. The lowest BCUT2D eigenvalue weighted by Gasteiger charge is -2.36. The molecule has 1 saturated heterocycles. The van der Waals surface area contributed by atoms with E-state index < -0.39 is 94.8 Å². The smallest absolute Gasteiger partial charge is 0.305 e. The van der Waals surface area contributed by atoms with Crippen LogP contribution < -0.4 is 9.80 Å². The first-order chi connectivity index (χ1) is 24.4. The Labute approximate surface area is 257 Å². The largest absolute Gasteiger partial charge is 0.469 e. The zero-order chi connectivity index (χ0) is 38.9. The van der Waals surface area contributed by atoms with E-state index in [1.807, 2.05) is 0 Å². The Morgan fingerprint density at radius 1 is 0.875 bits per heavy atom. The molecule has 1 aliphatic carbocycles. The quantitative estimate of drug-likeness (QED) is 0.228. The lowest BCUT2D eigenvalue weighted by atomic mass is 9.90. The number of benzene rings is 2. The number of hydrogen-bond donors (Lipinski definition) is 0. The van der Waals surface area contributed by atoms with Crippen LogP contribution in [0.5, 0.6) is 0 Å². The molecule has 40 heavy (non-hydrogen) atoms. The maximum absolute atomic E-state index is 11.4. The molecule has 0 atom stereocenters. The van der Waals surface area contributed by atoms with Crippen molar-refractivity contribution in [2.24, 2.45) is 0 Å². The molecule has 2 aromatic carbocycles. The first-order valence-corrected chi connectivity index (χ1v) is 13.5. The average molecular weight is 554 g/mol. The fourth-order valence-corrected chi connectivity index (χ4v) is 4.35. The van der Waals surface area contributed by atoms with Crippen molar-refractivity contribution in [3.05, 3.63) is 89.2 Å². The van der Waals surface area contributed by atoms with E-state index in [4.69, 9.17) is 13.7 Å². The number of esters is 1. The molecule has 1 fully saturated rings. The lowest BCUT2D eigenvalue weighted by molar-refractivity contribution is -0.462. The van der Waals surface area contributed by atoms with Gasteiger partial charge in [-0.2, -0.15) is 0 Å². The molecule has 2 aliphatic rings. The Balaban J connectivity index is 1.90. The summed E-state index contributed by atoms with van der Waals surface area (Å²) in [5.41, 5.74) is -1.89. The van der Waals surface area contributed by atoms with E-state index in [2.05, 4.69) is 9.64 Å². The van der Waals surface area contributed by atoms with E-state index in [9.17, 15) is 7.54 Å². The molecule has 0 aromatic heterocycles. The molecular formula is C34H45N4O2+. The number of anilines is 2. The molecule has 0 N–H and O–H groups in total. The minimum Gasteiger partial charge on any atom is -0.469 e. The number of piperazine rings is 1. The van der Waals surface area contributed by atoms with Gasteiger partial charge in [-0.3, -0.25) is 9.69 Å². The Morgan fingerprint density at radius 3 is 2.02 bits per heavy atom. The lowest BCUT2D eigenvalue weighted by Crippen LogP contribution is -2.46. The van der Waals surface area contributed by atoms with Crippen LogP contribution in [-0.4, -0.2) is 89.2 Å². The summed E-state index contributed by atoms with van der Waals surface area (Å²) in [5.74, 6) is -0.237. The molecule has 0 spiro atoms. The summed E-state index contributed by atoms with van der Waals surface area (Å²) in [7, 11) is 7.56. The van der Waals surface area contributed by atoms with Crippen molar-refractivity contribution < 1.29 is 30.6 Å². The van der Waals surface area contributed by atoms with Gasteiger partial charge in [-0.15, -0.1) is 0 Å². The second kappa shape index (κ2) is 14.1. The third-order valence-electron chi connectivity index (χ3n) is 6.75. The summed E-state index contributed by atoms with van der Waals surface area (Å²) in [6, 6.07) is -6.28. The van der Waals surface area contributed by atoms with Crippen LogP contribution >= 0.6 is 0 Å². The molecule has 0 saturated carbocycles. The second-order valence-electron chi connectivity index (χ2n) is 10.1. The van der Waals surface area contributed by atoms with Gasteiger partial charge in [-0.1, -0.05) is 30.6 Å². The predicted molar refractivity (Wildman–Crippen MR) is 168 cm³/mol. The first-order valence-electron chi connectivity index (χ1n) is 19.5. The first kappa shape index (κ1) is 17.2. The highest BCUT2D eigenvalue weighted by Gasteiger charge is 2.18. The van der Waals surface area contributed by atoms with E-state index in [0.717, 1.165) is 25.8 Å². The second-order valence-corrected chi connectivity index (χ2v) is 10.1. The zero-order valence-electron chi connectivity index (χ0n) is 36.0. The average Bonchev–Trinajstić information content (AvgIpc) is 3.09. The van der Waals surface area contributed by atoms with Crippen molar-refractivity contribution in [2.45, 2.75) is 25.7 Å². The predicted octanol–water partition coefficient (Wildman–Crippen LogP) is 5.25. The van der Waals surface area contributed by atoms with Gasteiger partial charge >= 0.3 is 5.97 Å². The number of rotatable bonds is 10. The molecule has 0 radical (unpaired) electrons. The van der Waals surface area contributed by atoms with Gasteiger partial charge < -0.3 is 14.5 Å². The fraction of sp³-hybridized carbons (Fsp3) is 0.412. The van der Waals surface area contributed by atoms with Gasteiger partial charge in [0.2, 0.25) is 0 Å². The van der Waals surface area contributed by atoms with Crippen LogP contribution in [-0.2, 0) is 9.53 Å². The normalized spacial score (nSPS) is 20.6. The standard InChI is InChI=1S/C34H45N4O2/c1-35(2)30-16-10-27(11-17-30)34(28-12-18-31(19-13-28)36(3)4)29-14-20-32(21-15-29)38-25-23-37(24-26-38)22-8-6-7-9-33(39)40-5/h10-21H,6-9,22-26H2,1-5H3/q+1/i10D,11D,12D,13D,14D,15D,16D,17D,18D,19D,20D,21D. The zero-order valence-corrected chi connectivity index (χ0v) is 24.0. The number of methoxy groups -OCH3 is 1. The molecule has 2 aromatic rings. The van der Waals surface area contributed by atoms with Gasteiger partial charge in [0.1, 0.15) is 14.1 Å². The van der Waals surface area contributed by atoms with Crippen LogP contribution in [0.25, 0.3) is 5.57 Å². The maximum Gasteiger partial charge on any atom is 0.305 e. The summed E-state index contributed by atoms with van der Waals surface area (Å²) >= 11 is 0. The van der Waals surface area contributed by atoms with Gasteiger partial charge in [0.05, 0.1) is 23.6 Å². The van der Waals surface area contributed by atoms with E-state index >= 15 is 0 Å². The monoisotopic (exact) mass is 553 g/mol. The van der Waals surface area contributed by atoms with Crippen molar-refractivity contribution in [1.29, 1.82) is 0 Å². The number of carbonyl (C=O) groups is 1. The van der Waals surface area contributed by atoms with Crippen LogP contribution in [0, 0.1) is 0 Å². The molecule has 6 heteroatoms. The Hall–Kier alpha value is -3.64. The van der Waals surface area contributed by atoms with Crippen LogP contribution in [0.15, 0.2) is 78.1 Å². The maximum atomic E-state index is 11.4. The molecule has 0 bridgehead atoms. The van der Waals surface area contributed by atoms with Gasteiger partial charge in [-0.05, 0) is 77.9 Å². The third kappa shape index (κ3) is 7.72. The molecule has 1 aliphatic heterocycles. The van der Waals surface area contributed by atoms with Gasteiger partial charge in [-0.25, -0.2) is 4.58 Å². The van der Waals surface area contributed by atoms with E-state index in [0.29, 0.717) is 32.6 Å². The summed E-state index contributed by atoms with van der Waals surface area (Å²) < 4.78 is 114. The van der Waals surface area contributed by atoms with Crippen LogP contribution in [0.3, 0.4) is 0 Å². The topological polar surface area (TPSA) is 39.0 Å². The number of carbonyl (C=O) groups excluding carboxylic acids is 1. The number of unbranched alkanes of at least 4 members (excludes halogenated alkanes) is 2. The van der Waals surface area contributed by atoms with Crippen molar-refractivity contribution >= 4 is 28.6 Å². The minimum absolute atomic E-state index is 0.0425. The van der Waals surface area contributed by atoms with Gasteiger partial charge in [0.15, 0.2) is 5.71 Å². The summed E-state index contributed by atoms with van der Waals surface area (Å²) in [6.07, 6.45) is 2.83. The van der Waals surface area contributed by atoms with E-state index in [-0.39, 0.29) is 23.1 Å². The van der Waals surface area contributed by atoms with Gasteiger partial charge in [0, 0.05) is 70.2 Å². The molecule has 4 rings (SSSR count). The third-order valence-corrected chi connectivity index (χ3v) is 6.75. The SMILES string of the molecule is [2H]C1=C([2H])C(=[N+](C)C)C([2H])=C([2H])C1=C(c1c([2H])c([2H])c(N(C)C)c([2H])c1[2H])c1c([2H])c([2H])c(N2CCN(CCCCCC(=O)OC)CC2)c([2H])c1[2H]. The number of allylic oxidation sites excluding steroid dienone is 5. The minimum atomic E-state index is -0.601. The van der Waals surface area contributed by atoms with Gasteiger partial charge in [0.25, 0.3) is 0 Å².